The van der Waals surface area contributed by atoms with E-state index < -0.39 is 12.0 Å². The Morgan fingerprint density at radius 3 is 2.71 bits per heavy atom. The Morgan fingerprint density at radius 2 is 2.18 bits per heavy atom. The molecule has 1 rings (SSSR count). The van der Waals surface area contributed by atoms with Crippen LogP contribution in [-0.4, -0.2) is 24.7 Å². The van der Waals surface area contributed by atoms with Crippen LogP contribution in [0, 0.1) is 0 Å². The molecule has 0 aliphatic carbocycles. The molecule has 3 N–H and O–H groups in total. The van der Waals surface area contributed by atoms with Crippen LogP contribution in [0.4, 0.5) is 0 Å². The molecule has 1 unspecified atom stereocenters. The molecule has 0 heterocycles. The Balaban J connectivity index is 2.74. The lowest BCUT2D eigenvalue weighted by atomic mass is 10.1. The molecule has 1 aromatic carbocycles. The molecule has 1 aromatic rings. The molecule has 0 aliphatic heterocycles. The normalized spacial score (nSPS) is 11.9. The van der Waals surface area contributed by atoms with E-state index in [1.165, 1.54) is 7.11 Å². The second kappa shape index (κ2) is 6.10. The summed E-state index contributed by atoms with van der Waals surface area (Å²) in [5.41, 5.74) is 5.75. The van der Waals surface area contributed by atoms with Crippen LogP contribution in [0.15, 0.2) is 18.2 Å². The molecule has 17 heavy (non-hydrogen) atoms. The number of carbonyl (C=O) groups excluding carboxylic acids is 1. The van der Waals surface area contributed by atoms with Crippen LogP contribution in [0.1, 0.15) is 25.0 Å². The van der Waals surface area contributed by atoms with E-state index in [2.05, 4.69) is 0 Å². The summed E-state index contributed by atoms with van der Waals surface area (Å²) in [4.78, 5) is 10.6. The first-order valence-corrected chi connectivity index (χ1v) is 5.31. The van der Waals surface area contributed by atoms with E-state index in [9.17, 15) is 9.90 Å². The Morgan fingerprint density at radius 1 is 1.47 bits per heavy atom. The second-order valence-electron chi connectivity index (χ2n) is 3.65. The van der Waals surface area contributed by atoms with Crippen LogP contribution in [0.25, 0.3) is 0 Å². The predicted molar refractivity (Wildman–Crippen MR) is 62.9 cm³/mol. The molecule has 0 aliphatic rings. The van der Waals surface area contributed by atoms with Crippen molar-refractivity contribution in [2.75, 3.05) is 13.7 Å². The summed E-state index contributed by atoms with van der Waals surface area (Å²) in [7, 11) is 1.52. The Bertz CT molecular complexity index is 390. The summed E-state index contributed by atoms with van der Waals surface area (Å²) in [6.45, 7) is 1.88. The van der Waals surface area contributed by atoms with Gasteiger partial charge < -0.3 is 20.3 Å². The summed E-state index contributed by atoms with van der Waals surface area (Å²) in [5.74, 6) is 0.635. The fourth-order valence-corrected chi connectivity index (χ4v) is 1.32. The highest BCUT2D eigenvalue weighted by Gasteiger charge is 2.08. The van der Waals surface area contributed by atoms with Gasteiger partial charge >= 0.3 is 0 Å². The average Bonchev–Trinajstić information content (AvgIpc) is 2.28. The zero-order valence-corrected chi connectivity index (χ0v) is 9.97. The van der Waals surface area contributed by atoms with Gasteiger partial charge in [0, 0.05) is 0 Å². The van der Waals surface area contributed by atoms with Crippen LogP contribution < -0.4 is 15.2 Å². The van der Waals surface area contributed by atoms with E-state index in [1.807, 2.05) is 0 Å². The number of amides is 1. The standard InChI is InChI=1S/C12H17NO4/c1-8(14)9-3-4-10(11(7-9)16-2)17-6-5-12(13)15/h3-4,7-8,14H,5-6H2,1-2H3,(H2,13,15). The molecule has 1 atom stereocenters. The molecule has 0 fully saturated rings. The first-order chi connectivity index (χ1) is 8.04. The first kappa shape index (κ1) is 13.3. The minimum absolute atomic E-state index is 0.154. The van der Waals surface area contributed by atoms with Gasteiger partial charge in [-0.05, 0) is 24.6 Å². The van der Waals surface area contributed by atoms with Crippen molar-refractivity contribution in [3.63, 3.8) is 0 Å². The minimum Gasteiger partial charge on any atom is -0.493 e. The number of hydrogen-bond acceptors (Lipinski definition) is 4. The Labute approximate surface area is 100 Å². The lowest BCUT2D eigenvalue weighted by molar-refractivity contribution is -0.118. The van der Waals surface area contributed by atoms with Gasteiger partial charge in [-0.3, -0.25) is 4.79 Å². The zero-order chi connectivity index (χ0) is 12.8. The van der Waals surface area contributed by atoms with Crippen molar-refractivity contribution >= 4 is 5.91 Å². The van der Waals surface area contributed by atoms with Gasteiger partial charge in [-0.2, -0.15) is 0 Å². The van der Waals surface area contributed by atoms with Gasteiger partial charge in [0.15, 0.2) is 11.5 Å². The van der Waals surface area contributed by atoms with Gasteiger partial charge in [0.2, 0.25) is 5.91 Å². The summed E-state index contributed by atoms with van der Waals surface area (Å²) in [5, 5.41) is 9.43. The van der Waals surface area contributed by atoms with E-state index in [0.717, 1.165) is 5.56 Å². The molecular weight excluding hydrogens is 222 g/mol. The maximum absolute atomic E-state index is 10.6. The second-order valence-corrected chi connectivity index (χ2v) is 3.65. The number of primary amides is 1. The number of rotatable bonds is 6. The zero-order valence-electron chi connectivity index (χ0n) is 9.97. The largest absolute Gasteiger partial charge is 0.493 e. The number of ether oxygens (including phenoxy) is 2. The summed E-state index contributed by atoms with van der Waals surface area (Å²) >= 11 is 0. The first-order valence-electron chi connectivity index (χ1n) is 5.31. The number of aliphatic hydroxyl groups excluding tert-OH is 1. The van der Waals surface area contributed by atoms with Gasteiger partial charge in [-0.1, -0.05) is 6.07 Å². The monoisotopic (exact) mass is 239 g/mol. The number of hydrogen-bond donors (Lipinski definition) is 2. The van der Waals surface area contributed by atoms with Gasteiger partial charge in [-0.25, -0.2) is 0 Å². The minimum atomic E-state index is -0.566. The topological polar surface area (TPSA) is 81.8 Å². The SMILES string of the molecule is COc1cc(C(C)O)ccc1OCCC(N)=O. The third-order valence-corrected chi connectivity index (χ3v) is 2.28. The van der Waals surface area contributed by atoms with Crippen molar-refractivity contribution in [2.45, 2.75) is 19.4 Å². The van der Waals surface area contributed by atoms with E-state index in [0.29, 0.717) is 11.5 Å². The maximum atomic E-state index is 10.6. The molecule has 5 heteroatoms. The molecule has 0 saturated heterocycles. The average molecular weight is 239 g/mol. The Kier molecular flexibility index (Phi) is 4.78. The van der Waals surface area contributed by atoms with Crippen molar-refractivity contribution < 1.29 is 19.4 Å². The third kappa shape index (κ3) is 3.96. The number of nitrogens with two attached hydrogens (primary N) is 1. The molecule has 0 spiro atoms. The van der Waals surface area contributed by atoms with E-state index in [1.54, 1.807) is 25.1 Å². The van der Waals surface area contributed by atoms with Gasteiger partial charge in [0.05, 0.1) is 26.2 Å². The lowest BCUT2D eigenvalue weighted by Gasteiger charge is -2.12. The van der Waals surface area contributed by atoms with Crippen LogP contribution in [0.3, 0.4) is 0 Å². The molecule has 0 bridgehead atoms. The smallest absolute Gasteiger partial charge is 0.220 e. The maximum Gasteiger partial charge on any atom is 0.220 e. The van der Waals surface area contributed by atoms with Crippen molar-refractivity contribution in [3.8, 4) is 11.5 Å². The van der Waals surface area contributed by atoms with Crippen molar-refractivity contribution in [1.29, 1.82) is 0 Å². The highest BCUT2D eigenvalue weighted by molar-refractivity contribution is 5.73. The fraction of sp³-hybridized carbons (Fsp3) is 0.417. The molecule has 0 aromatic heterocycles. The number of aliphatic hydroxyl groups is 1. The predicted octanol–water partition coefficient (Wildman–Crippen LogP) is 1.00. The third-order valence-electron chi connectivity index (χ3n) is 2.28. The lowest BCUT2D eigenvalue weighted by Crippen LogP contribution is -2.14. The number of benzene rings is 1. The molecule has 0 saturated carbocycles. The summed E-state index contributed by atoms with van der Waals surface area (Å²) in [6.07, 6.45) is -0.412. The molecule has 0 radical (unpaired) electrons. The summed E-state index contributed by atoms with van der Waals surface area (Å²) in [6, 6.07) is 5.14. The highest BCUT2D eigenvalue weighted by atomic mass is 16.5. The highest BCUT2D eigenvalue weighted by Crippen LogP contribution is 2.30. The van der Waals surface area contributed by atoms with Crippen LogP contribution in [-0.2, 0) is 4.79 Å². The van der Waals surface area contributed by atoms with Gasteiger partial charge in [0.25, 0.3) is 0 Å². The van der Waals surface area contributed by atoms with Crippen LogP contribution in [0.2, 0.25) is 0 Å². The van der Waals surface area contributed by atoms with E-state index in [-0.39, 0.29) is 13.0 Å². The Hall–Kier alpha value is -1.75. The van der Waals surface area contributed by atoms with Gasteiger partial charge in [-0.15, -0.1) is 0 Å². The molecule has 1 amide bonds. The molecule has 94 valence electrons. The van der Waals surface area contributed by atoms with Crippen molar-refractivity contribution in [3.05, 3.63) is 23.8 Å². The van der Waals surface area contributed by atoms with Crippen molar-refractivity contribution in [2.24, 2.45) is 5.73 Å². The van der Waals surface area contributed by atoms with Gasteiger partial charge in [0.1, 0.15) is 0 Å². The van der Waals surface area contributed by atoms with E-state index in [4.69, 9.17) is 15.2 Å². The fourth-order valence-electron chi connectivity index (χ4n) is 1.32. The summed E-state index contributed by atoms with van der Waals surface area (Å²) < 4.78 is 10.5. The molecular formula is C12H17NO4. The number of methoxy groups -OCH3 is 1. The van der Waals surface area contributed by atoms with E-state index >= 15 is 0 Å². The number of carbonyl (C=O) groups is 1. The van der Waals surface area contributed by atoms with Crippen molar-refractivity contribution in [1.82, 2.24) is 0 Å². The van der Waals surface area contributed by atoms with Crippen LogP contribution >= 0.6 is 0 Å². The van der Waals surface area contributed by atoms with Crippen LogP contribution in [0.5, 0.6) is 11.5 Å². The quantitative estimate of drug-likeness (QED) is 0.776. The molecule has 5 nitrogen and oxygen atoms in total.